The Hall–Kier alpha value is -5.82. The van der Waals surface area contributed by atoms with Gasteiger partial charge in [-0.1, -0.05) is 48.5 Å². The summed E-state index contributed by atoms with van der Waals surface area (Å²) in [5.41, 5.74) is 0.374. The van der Waals surface area contributed by atoms with Gasteiger partial charge in [0.05, 0.1) is 30.7 Å². The monoisotopic (exact) mass is 1080 g/mol. The summed E-state index contributed by atoms with van der Waals surface area (Å²) in [6.45, 7) is 0.503. The number of hydrogen-bond acceptors (Lipinski definition) is 13. The van der Waals surface area contributed by atoms with Crippen LogP contribution in [-0.2, 0) is 55.9 Å². The summed E-state index contributed by atoms with van der Waals surface area (Å²) in [7, 11) is -11.7. The van der Waals surface area contributed by atoms with Gasteiger partial charge in [0.2, 0.25) is 21.8 Å². The van der Waals surface area contributed by atoms with Crippen LogP contribution in [0.4, 0.5) is 46.5 Å². The zero-order valence-corrected chi connectivity index (χ0v) is 40.0. The summed E-state index contributed by atoms with van der Waals surface area (Å²) in [6.07, 6.45) is -8.64. The predicted octanol–water partition coefficient (Wildman–Crippen LogP) is 6.20. The van der Waals surface area contributed by atoms with Crippen LogP contribution < -0.4 is 13.9 Å². The van der Waals surface area contributed by atoms with E-state index < -0.39 is 84.5 Å². The summed E-state index contributed by atoms with van der Waals surface area (Å²) in [5, 5.41) is 15.5. The van der Waals surface area contributed by atoms with Crippen LogP contribution in [0.3, 0.4) is 0 Å². The number of nitrogens with zero attached hydrogens (tertiary/aromatic N) is 9. The first kappa shape index (κ1) is 54.5. The quantitative estimate of drug-likeness (QED) is 0.128. The molecular weight excluding hydrogens is 1040 g/mol. The number of para-hydroxylation sites is 2. The van der Waals surface area contributed by atoms with Crippen LogP contribution in [0.15, 0.2) is 106 Å². The number of rotatable bonds is 13. The summed E-state index contributed by atoms with van der Waals surface area (Å²) >= 11 is 0. The molecule has 6 aromatic rings. The van der Waals surface area contributed by atoms with E-state index in [0.717, 1.165) is 31.3 Å². The lowest BCUT2D eigenvalue weighted by atomic mass is 10.1. The normalized spacial score (nSPS) is 15.6. The molecule has 18 nitrogen and oxygen atoms in total. The van der Waals surface area contributed by atoms with Crippen molar-refractivity contribution in [1.29, 1.82) is 0 Å². The summed E-state index contributed by atoms with van der Waals surface area (Å²) < 4.78 is 199. The number of anilines is 2. The molecule has 30 heteroatoms. The maximum Gasteiger partial charge on any atom is 0.470 e. The Bertz CT molecular complexity index is 3110. The Morgan fingerprint density at radius 2 is 0.915 bits per heavy atom. The van der Waals surface area contributed by atoms with Crippen LogP contribution in [0.2, 0.25) is 0 Å². The second-order valence-electron chi connectivity index (χ2n) is 15.3. The van der Waals surface area contributed by atoms with Gasteiger partial charge in [-0.05, 0) is 48.5 Å². The molecule has 2 fully saturated rings. The molecule has 0 aliphatic carbocycles. The molecule has 0 spiro atoms. The third kappa shape index (κ3) is 13.0. The maximum absolute atomic E-state index is 15.0. The van der Waals surface area contributed by atoms with Gasteiger partial charge in [-0.3, -0.25) is 8.61 Å². The highest BCUT2D eigenvalue weighted by atomic mass is 35.5. The summed E-state index contributed by atoms with van der Waals surface area (Å²) in [4.78, 5) is 0. The van der Waals surface area contributed by atoms with Gasteiger partial charge in [-0.2, -0.15) is 56.1 Å². The molecule has 0 radical (unpaired) electrons. The van der Waals surface area contributed by atoms with Crippen molar-refractivity contribution in [2.45, 2.75) is 25.4 Å². The Balaban J connectivity index is 0.000000231. The lowest BCUT2D eigenvalue weighted by Crippen LogP contribution is -2.54. The van der Waals surface area contributed by atoms with Gasteiger partial charge in [0.15, 0.2) is 0 Å². The number of alkyl halides is 6. The fourth-order valence-electron chi connectivity index (χ4n) is 7.02. The standard InChI is InChI=1S/C21H21F4N5O5S2.C20H19F4N5O3S.ClH/c1-36(31,32)28-9-11-29(12-10-28)37(33,34)30(17-5-3-2-4-6-17)14-16-8-7-15(13-18(16)22)19-26-27-20(35-19)21(23,24)25;21-17-12-14(18-26-27-19(32-18)20(22,23)24)6-7-15(17)13-29(16-4-2-1-3-5-16)33(30,31)28-10-8-25-9-11-28;/h2-8,13H,9-12,14H2,1H3;1-7,12,25H,8-11,13H2;1H. The van der Waals surface area contributed by atoms with E-state index in [1.807, 2.05) is 0 Å². The molecule has 2 saturated heterocycles. The van der Waals surface area contributed by atoms with Crippen LogP contribution >= 0.6 is 12.4 Å². The van der Waals surface area contributed by atoms with Gasteiger partial charge in [0.1, 0.15) is 11.6 Å². The zero-order chi connectivity index (χ0) is 50.6. The fraction of sp³-hybridized carbons (Fsp3) is 0.317. The van der Waals surface area contributed by atoms with E-state index in [9.17, 15) is 56.0 Å². The number of halogens is 9. The van der Waals surface area contributed by atoms with Gasteiger partial charge < -0.3 is 14.2 Å². The molecule has 2 aliphatic heterocycles. The summed E-state index contributed by atoms with van der Waals surface area (Å²) in [6, 6.07) is 23.0. The molecule has 71 heavy (non-hydrogen) atoms. The van der Waals surface area contributed by atoms with Crippen molar-refractivity contribution >= 4 is 54.2 Å². The molecule has 4 aromatic carbocycles. The van der Waals surface area contributed by atoms with Crippen molar-refractivity contribution in [3.63, 3.8) is 0 Å². The lowest BCUT2D eigenvalue weighted by molar-refractivity contribution is -0.157. The Labute approximate surface area is 407 Å². The molecule has 1 N–H and O–H groups in total. The van der Waals surface area contributed by atoms with E-state index >= 15 is 4.39 Å². The molecule has 8 rings (SSSR count). The van der Waals surface area contributed by atoms with Crippen molar-refractivity contribution in [3.05, 3.63) is 132 Å². The first-order chi connectivity index (χ1) is 32.9. The van der Waals surface area contributed by atoms with E-state index in [1.165, 1.54) is 45.0 Å². The largest absolute Gasteiger partial charge is 0.470 e. The third-order valence-corrected chi connectivity index (χ3v) is 15.7. The Morgan fingerprint density at radius 1 is 0.549 bits per heavy atom. The van der Waals surface area contributed by atoms with Gasteiger partial charge in [-0.25, -0.2) is 17.2 Å². The maximum atomic E-state index is 15.0. The lowest BCUT2D eigenvalue weighted by Gasteiger charge is -2.36. The van der Waals surface area contributed by atoms with Gasteiger partial charge in [0, 0.05) is 74.6 Å². The van der Waals surface area contributed by atoms with Crippen molar-refractivity contribution in [1.82, 2.24) is 38.6 Å². The average Bonchev–Trinajstić information content (AvgIpc) is 4.04. The smallest absolute Gasteiger partial charge is 0.413 e. The third-order valence-electron chi connectivity index (χ3n) is 10.6. The minimum Gasteiger partial charge on any atom is -0.413 e. The van der Waals surface area contributed by atoms with Crippen molar-refractivity contribution in [2.24, 2.45) is 0 Å². The number of nitrogens with one attached hydrogen (secondary N) is 1. The molecule has 2 aromatic heterocycles. The van der Waals surface area contributed by atoms with E-state index in [4.69, 9.17) is 0 Å². The van der Waals surface area contributed by atoms with Gasteiger partial charge in [-0.15, -0.1) is 32.8 Å². The van der Waals surface area contributed by atoms with E-state index in [2.05, 4.69) is 34.5 Å². The van der Waals surface area contributed by atoms with Crippen molar-refractivity contribution in [2.75, 3.05) is 67.2 Å². The van der Waals surface area contributed by atoms with Gasteiger partial charge in [0.25, 0.3) is 0 Å². The zero-order valence-electron chi connectivity index (χ0n) is 36.8. The van der Waals surface area contributed by atoms with E-state index in [1.54, 1.807) is 48.5 Å². The first-order valence-corrected chi connectivity index (χ1v) is 25.3. The fourth-order valence-corrected chi connectivity index (χ4v) is 11.1. The molecule has 4 heterocycles. The van der Waals surface area contributed by atoms with Crippen LogP contribution in [-0.4, -0.2) is 117 Å². The number of hydrogen-bond donors (Lipinski definition) is 1. The highest BCUT2D eigenvalue weighted by Gasteiger charge is 2.40. The SMILES string of the molecule is CS(=O)(=O)N1CCN(S(=O)(=O)N(Cc2ccc(-c3nnc(C(F)(F)F)o3)cc2F)c2ccccc2)CC1.Cl.O=S(=O)(N1CCNCC1)N(Cc1ccc(-c2nnc(C(F)(F)F)o2)cc1F)c1ccccc1. The first-order valence-electron chi connectivity index (χ1n) is 20.6. The molecule has 0 unspecified atom stereocenters. The Morgan fingerprint density at radius 3 is 1.25 bits per heavy atom. The highest BCUT2D eigenvalue weighted by Crippen LogP contribution is 2.34. The molecule has 0 amide bonds. The molecule has 2 aliphatic rings. The van der Waals surface area contributed by atoms with E-state index in [0.29, 0.717) is 18.8 Å². The van der Waals surface area contributed by atoms with Crippen LogP contribution in [0.5, 0.6) is 0 Å². The number of piperazine rings is 2. The molecular formula is C41H41ClF8N10O8S3. The average molecular weight is 1090 g/mol. The minimum absolute atomic E-state index is 0. The number of sulfonamides is 1. The molecule has 0 saturated carbocycles. The van der Waals surface area contributed by atoms with Crippen molar-refractivity contribution < 1.29 is 69.2 Å². The molecule has 0 atom stereocenters. The summed E-state index contributed by atoms with van der Waals surface area (Å²) in [5.74, 6) is -5.89. The van der Waals surface area contributed by atoms with Crippen molar-refractivity contribution in [3.8, 4) is 22.9 Å². The second-order valence-corrected chi connectivity index (χ2v) is 21.0. The molecule has 0 bridgehead atoms. The van der Waals surface area contributed by atoms with Crippen LogP contribution in [0.1, 0.15) is 22.9 Å². The van der Waals surface area contributed by atoms with Crippen LogP contribution in [0.25, 0.3) is 22.9 Å². The van der Waals surface area contributed by atoms with E-state index in [-0.39, 0.29) is 86.2 Å². The predicted molar refractivity (Wildman–Crippen MR) is 242 cm³/mol. The number of aromatic nitrogens is 4. The highest BCUT2D eigenvalue weighted by molar-refractivity contribution is 7.90. The second kappa shape index (κ2) is 21.9. The van der Waals surface area contributed by atoms with Crippen LogP contribution in [0, 0.1) is 11.6 Å². The minimum atomic E-state index is -4.86. The number of benzene rings is 4. The van der Waals surface area contributed by atoms with Gasteiger partial charge >= 0.3 is 44.6 Å². The Kier molecular flexibility index (Phi) is 16.8. The molecule has 384 valence electrons. The topological polar surface area (TPSA) is 208 Å².